The Kier molecular flexibility index (Phi) is 2.57. The molecule has 1 rings (SSSR count). The van der Waals surface area contributed by atoms with Crippen molar-refractivity contribution in [3.63, 3.8) is 0 Å². The summed E-state index contributed by atoms with van der Waals surface area (Å²) in [7, 11) is 0. The lowest BCUT2D eigenvalue weighted by Crippen LogP contribution is -2.50. The van der Waals surface area contributed by atoms with Crippen LogP contribution in [0.4, 0.5) is 4.79 Å². The Labute approximate surface area is 71.8 Å². The first-order chi connectivity index (χ1) is 5.52. The quantitative estimate of drug-likeness (QED) is 0.572. The zero-order valence-electron chi connectivity index (χ0n) is 7.40. The molecule has 0 bridgehead atoms. The van der Waals surface area contributed by atoms with Crippen LogP contribution in [0.25, 0.3) is 0 Å². The largest absolute Gasteiger partial charge is 0.465 e. The van der Waals surface area contributed by atoms with Crippen LogP contribution in [0.5, 0.6) is 0 Å². The fourth-order valence-electron chi connectivity index (χ4n) is 1.92. The van der Waals surface area contributed by atoms with E-state index in [0.29, 0.717) is 12.8 Å². The standard InChI is InChI=1S/C8H15NO3/c1-5-3-7(10)4-6(2)9(5)8(11)12/h5-7,10H,3-4H2,1-2H3,(H,11,12)/t5-,6+,7?. The van der Waals surface area contributed by atoms with E-state index in [1.807, 2.05) is 13.8 Å². The van der Waals surface area contributed by atoms with Gasteiger partial charge in [0.25, 0.3) is 0 Å². The zero-order chi connectivity index (χ0) is 9.30. The highest BCUT2D eigenvalue weighted by molar-refractivity contribution is 5.66. The number of aliphatic hydroxyl groups excluding tert-OH is 1. The van der Waals surface area contributed by atoms with Crippen molar-refractivity contribution in [3.8, 4) is 0 Å². The molecule has 1 aliphatic heterocycles. The first-order valence-corrected chi connectivity index (χ1v) is 4.21. The molecule has 12 heavy (non-hydrogen) atoms. The Balaban J connectivity index is 2.66. The maximum absolute atomic E-state index is 10.7. The highest BCUT2D eigenvalue weighted by Crippen LogP contribution is 2.22. The van der Waals surface area contributed by atoms with Gasteiger partial charge in [0, 0.05) is 12.1 Å². The van der Waals surface area contributed by atoms with Crippen LogP contribution < -0.4 is 0 Å². The molecule has 0 spiro atoms. The molecule has 1 aliphatic rings. The monoisotopic (exact) mass is 173 g/mol. The summed E-state index contributed by atoms with van der Waals surface area (Å²) in [6.45, 7) is 3.65. The maximum Gasteiger partial charge on any atom is 0.407 e. The molecule has 0 aliphatic carbocycles. The van der Waals surface area contributed by atoms with Gasteiger partial charge in [0.05, 0.1) is 6.10 Å². The summed E-state index contributed by atoms with van der Waals surface area (Å²) in [5, 5.41) is 18.1. The number of carbonyl (C=O) groups is 1. The van der Waals surface area contributed by atoms with E-state index >= 15 is 0 Å². The molecule has 4 heteroatoms. The van der Waals surface area contributed by atoms with Gasteiger partial charge in [0.1, 0.15) is 0 Å². The number of aliphatic hydroxyl groups is 1. The van der Waals surface area contributed by atoms with Gasteiger partial charge < -0.3 is 15.1 Å². The van der Waals surface area contributed by atoms with Crippen molar-refractivity contribution >= 4 is 6.09 Å². The van der Waals surface area contributed by atoms with Crippen LogP contribution in [0.1, 0.15) is 26.7 Å². The smallest absolute Gasteiger partial charge is 0.407 e. The predicted molar refractivity (Wildman–Crippen MR) is 44.0 cm³/mol. The minimum absolute atomic E-state index is 0.0683. The van der Waals surface area contributed by atoms with E-state index in [2.05, 4.69) is 0 Å². The molecule has 1 unspecified atom stereocenters. The number of nitrogens with zero attached hydrogens (tertiary/aromatic N) is 1. The number of hydrogen-bond donors (Lipinski definition) is 2. The van der Waals surface area contributed by atoms with Crippen molar-refractivity contribution in [2.45, 2.75) is 44.9 Å². The van der Waals surface area contributed by atoms with Crippen molar-refractivity contribution in [1.29, 1.82) is 0 Å². The minimum Gasteiger partial charge on any atom is -0.465 e. The molecule has 4 nitrogen and oxygen atoms in total. The molecule has 0 aromatic heterocycles. The number of piperidine rings is 1. The number of hydrogen-bond acceptors (Lipinski definition) is 2. The number of carboxylic acid groups (broad SMARTS) is 1. The lowest BCUT2D eigenvalue weighted by molar-refractivity contribution is 0.0198. The van der Waals surface area contributed by atoms with Crippen LogP contribution in [-0.4, -0.2) is 39.4 Å². The molecule has 1 heterocycles. The third-order valence-electron chi connectivity index (χ3n) is 2.40. The van der Waals surface area contributed by atoms with Crippen LogP contribution >= 0.6 is 0 Å². The lowest BCUT2D eigenvalue weighted by Gasteiger charge is -2.39. The highest BCUT2D eigenvalue weighted by Gasteiger charge is 2.32. The van der Waals surface area contributed by atoms with Crippen LogP contribution in [0.2, 0.25) is 0 Å². The number of amides is 1. The van der Waals surface area contributed by atoms with Crippen LogP contribution in [0, 0.1) is 0 Å². The molecule has 70 valence electrons. The molecule has 0 radical (unpaired) electrons. The van der Waals surface area contributed by atoms with E-state index < -0.39 is 6.09 Å². The summed E-state index contributed by atoms with van der Waals surface area (Å²) < 4.78 is 0. The second-order valence-corrected chi connectivity index (χ2v) is 3.51. The van der Waals surface area contributed by atoms with E-state index in [-0.39, 0.29) is 18.2 Å². The second-order valence-electron chi connectivity index (χ2n) is 3.51. The Morgan fingerprint density at radius 2 is 1.75 bits per heavy atom. The number of likely N-dealkylation sites (tertiary alicyclic amines) is 1. The summed E-state index contributed by atoms with van der Waals surface area (Å²) in [5.74, 6) is 0. The van der Waals surface area contributed by atoms with Crippen LogP contribution in [0.15, 0.2) is 0 Å². The lowest BCUT2D eigenvalue weighted by atomic mass is 9.95. The number of rotatable bonds is 0. The third kappa shape index (κ3) is 1.69. The fraction of sp³-hybridized carbons (Fsp3) is 0.875. The van der Waals surface area contributed by atoms with Gasteiger partial charge in [-0.25, -0.2) is 4.79 Å². The van der Waals surface area contributed by atoms with Gasteiger partial charge >= 0.3 is 6.09 Å². The highest BCUT2D eigenvalue weighted by atomic mass is 16.4. The van der Waals surface area contributed by atoms with E-state index in [9.17, 15) is 9.90 Å². The molecule has 1 fully saturated rings. The summed E-state index contributed by atoms with van der Waals surface area (Å²) in [6, 6.07) is -0.137. The van der Waals surface area contributed by atoms with Gasteiger partial charge in [0.15, 0.2) is 0 Å². The van der Waals surface area contributed by atoms with E-state index in [4.69, 9.17) is 5.11 Å². The molecule has 1 amide bonds. The molecule has 0 aromatic rings. The summed E-state index contributed by atoms with van der Waals surface area (Å²) >= 11 is 0. The average Bonchev–Trinajstić information content (AvgIpc) is 1.82. The van der Waals surface area contributed by atoms with Crippen LogP contribution in [-0.2, 0) is 0 Å². The molecule has 3 atom stereocenters. The van der Waals surface area contributed by atoms with Crippen molar-refractivity contribution in [1.82, 2.24) is 4.90 Å². The topological polar surface area (TPSA) is 60.8 Å². The van der Waals surface area contributed by atoms with Crippen molar-refractivity contribution in [3.05, 3.63) is 0 Å². The summed E-state index contributed by atoms with van der Waals surface area (Å²) in [5.41, 5.74) is 0. The van der Waals surface area contributed by atoms with E-state index in [1.54, 1.807) is 0 Å². The first-order valence-electron chi connectivity index (χ1n) is 4.21. The van der Waals surface area contributed by atoms with Crippen molar-refractivity contribution < 1.29 is 15.0 Å². The van der Waals surface area contributed by atoms with Gasteiger partial charge in [-0.1, -0.05) is 0 Å². The van der Waals surface area contributed by atoms with Gasteiger partial charge in [0.2, 0.25) is 0 Å². The second kappa shape index (κ2) is 3.31. The van der Waals surface area contributed by atoms with Gasteiger partial charge in [-0.15, -0.1) is 0 Å². The Morgan fingerprint density at radius 1 is 1.33 bits per heavy atom. The summed E-state index contributed by atoms with van der Waals surface area (Å²) in [4.78, 5) is 12.1. The Morgan fingerprint density at radius 3 is 2.08 bits per heavy atom. The Hall–Kier alpha value is -0.770. The van der Waals surface area contributed by atoms with Crippen molar-refractivity contribution in [2.75, 3.05) is 0 Å². The molecule has 1 saturated heterocycles. The SMILES string of the molecule is C[C@@H]1CC(O)C[C@H](C)N1C(=O)O. The van der Waals surface area contributed by atoms with Gasteiger partial charge in [-0.2, -0.15) is 0 Å². The van der Waals surface area contributed by atoms with E-state index in [0.717, 1.165) is 0 Å². The van der Waals surface area contributed by atoms with Crippen LogP contribution in [0.3, 0.4) is 0 Å². The molecular weight excluding hydrogens is 158 g/mol. The third-order valence-corrected chi connectivity index (χ3v) is 2.40. The summed E-state index contributed by atoms with van der Waals surface area (Å²) in [6.07, 6.45) is -0.125. The molecule has 2 N–H and O–H groups in total. The fourth-order valence-corrected chi connectivity index (χ4v) is 1.92. The molecule has 0 saturated carbocycles. The first kappa shape index (κ1) is 9.32. The Bertz CT molecular complexity index is 171. The van der Waals surface area contributed by atoms with E-state index in [1.165, 1.54) is 4.90 Å². The molecule has 0 aromatic carbocycles. The molecular formula is C8H15NO3. The normalized spacial score (nSPS) is 36.6. The maximum atomic E-state index is 10.7. The minimum atomic E-state index is -0.887. The van der Waals surface area contributed by atoms with Crippen molar-refractivity contribution in [2.24, 2.45) is 0 Å². The zero-order valence-corrected chi connectivity index (χ0v) is 7.40. The van der Waals surface area contributed by atoms with Gasteiger partial charge in [-0.3, -0.25) is 0 Å². The average molecular weight is 173 g/mol. The van der Waals surface area contributed by atoms with Gasteiger partial charge in [-0.05, 0) is 26.7 Å². The predicted octanol–water partition coefficient (Wildman–Crippen LogP) is 0.898.